The number of thiophene rings is 1. The largest absolute Gasteiger partial charge is 0.490 e. The van der Waals surface area contributed by atoms with E-state index in [1.165, 1.54) is 27.9 Å². The minimum Gasteiger partial charge on any atom is -0.490 e. The third-order valence-corrected chi connectivity index (χ3v) is 11.1. The summed E-state index contributed by atoms with van der Waals surface area (Å²) in [7, 11) is -7.54. The lowest BCUT2D eigenvalue weighted by Gasteiger charge is -2.31. The summed E-state index contributed by atoms with van der Waals surface area (Å²) in [5.41, 5.74) is 0. The Morgan fingerprint density at radius 2 is 1.44 bits per heavy atom. The molecule has 6 nitrogen and oxygen atoms in total. The highest BCUT2D eigenvalue weighted by atomic mass is 32.2. The standard InChI is InChI=1S/C25H23NO5S3/c27-33(28,23-8-2-1-3-9-23)24-17-25(32-18-24)34(29,30)26-14-12-21(13-15-26)31-22-11-10-19-6-4-5-7-20(19)16-22/h1-11,16-18,21H,12-15H2. The number of hydrogen-bond donors (Lipinski definition) is 0. The first-order chi connectivity index (χ1) is 16.3. The molecule has 1 aliphatic heterocycles. The molecular formula is C25H23NO5S3. The first kappa shape index (κ1) is 23.0. The maximum Gasteiger partial charge on any atom is 0.252 e. The summed E-state index contributed by atoms with van der Waals surface area (Å²) in [6.45, 7) is 0.637. The summed E-state index contributed by atoms with van der Waals surface area (Å²) >= 11 is 0.936. The number of benzene rings is 3. The highest BCUT2D eigenvalue weighted by Crippen LogP contribution is 2.32. The SMILES string of the molecule is O=S(=O)(c1ccccc1)c1csc(S(=O)(=O)N2CCC(Oc3ccc4ccccc4c3)CC2)c1. The summed E-state index contributed by atoms with van der Waals surface area (Å²) in [5, 5.41) is 3.63. The van der Waals surface area contributed by atoms with E-state index in [0.29, 0.717) is 25.9 Å². The van der Waals surface area contributed by atoms with Crippen molar-refractivity contribution in [1.29, 1.82) is 0 Å². The van der Waals surface area contributed by atoms with Crippen LogP contribution in [0.1, 0.15) is 12.8 Å². The Labute approximate surface area is 203 Å². The topological polar surface area (TPSA) is 80.8 Å². The van der Waals surface area contributed by atoms with Crippen molar-refractivity contribution in [2.24, 2.45) is 0 Å². The van der Waals surface area contributed by atoms with Crippen molar-refractivity contribution < 1.29 is 21.6 Å². The molecular weight excluding hydrogens is 490 g/mol. The second kappa shape index (κ2) is 9.14. The van der Waals surface area contributed by atoms with Crippen LogP contribution in [0.4, 0.5) is 0 Å². The molecule has 4 aromatic rings. The molecule has 2 heterocycles. The van der Waals surface area contributed by atoms with Crippen molar-refractivity contribution in [3.8, 4) is 5.75 Å². The van der Waals surface area contributed by atoms with Gasteiger partial charge in [-0.3, -0.25) is 0 Å². The van der Waals surface area contributed by atoms with Crippen LogP contribution >= 0.6 is 11.3 Å². The Bertz CT molecular complexity index is 1520. The van der Waals surface area contributed by atoms with Crippen LogP contribution in [-0.4, -0.2) is 40.3 Å². The zero-order chi connectivity index (χ0) is 23.8. The Kier molecular flexibility index (Phi) is 6.20. The molecule has 1 saturated heterocycles. The van der Waals surface area contributed by atoms with Gasteiger partial charge in [-0.15, -0.1) is 11.3 Å². The van der Waals surface area contributed by atoms with Gasteiger partial charge < -0.3 is 4.74 Å². The number of fused-ring (bicyclic) bond motifs is 1. The van der Waals surface area contributed by atoms with E-state index in [0.717, 1.165) is 27.9 Å². The predicted octanol–water partition coefficient (Wildman–Crippen LogP) is 4.97. The number of hydrogen-bond acceptors (Lipinski definition) is 6. The van der Waals surface area contributed by atoms with Gasteiger partial charge in [0.05, 0.1) is 9.79 Å². The van der Waals surface area contributed by atoms with Crippen molar-refractivity contribution >= 4 is 42.0 Å². The van der Waals surface area contributed by atoms with E-state index >= 15 is 0 Å². The number of ether oxygens (including phenoxy) is 1. The van der Waals surface area contributed by atoms with Gasteiger partial charge in [-0.1, -0.05) is 48.5 Å². The van der Waals surface area contributed by atoms with Crippen molar-refractivity contribution in [3.05, 3.63) is 84.2 Å². The molecule has 0 aliphatic carbocycles. The minimum atomic E-state index is -3.78. The molecule has 0 spiro atoms. The average Bonchev–Trinajstić information content (AvgIpc) is 3.37. The fourth-order valence-electron chi connectivity index (χ4n) is 4.06. The lowest BCUT2D eigenvalue weighted by atomic mass is 10.1. The Morgan fingerprint density at radius 1 is 0.765 bits per heavy atom. The summed E-state index contributed by atoms with van der Waals surface area (Å²) in [6.07, 6.45) is 1.05. The average molecular weight is 514 g/mol. The molecule has 176 valence electrons. The molecule has 1 fully saturated rings. The second-order valence-corrected chi connectivity index (χ2v) is 13.2. The van der Waals surface area contributed by atoms with Gasteiger partial charge in [0.1, 0.15) is 16.1 Å². The first-order valence-electron chi connectivity index (χ1n) is 10.9. The molecule has 1 aliphatic rings. The van der Waals surface area contributed by atoms with Crippen LogP contribution in [0.5, 0.6) is 5.75 Å². The third kappa shape index (κ3) is 4.48. The van der Waals surface area contributed by atoms with E-state index in [4.69, 9.17) is 4.74 Å². The van der Waals surface area contributed by atoms with Gasteiger partial charge in [0.2, 0.25) is 9.84 Å². The third-order valence-electron chi connectivity index (χ3n) is 5.93. The Morgan fingerprint density at radius 3 is 2.18 bits per heavy atom. The van der Waals surface area contributed by atoms with Gasteiger partial charge in [-0.2, -0.15) is 4.31 Å². The van der Waals surface area contributed by atoms with E-state index in [9.17, 15) is 16.8 Å². The number of sulfonamides is 1. The highest BCUT2D eigenvalue weighted by molar-refractivity contribution is 7.92. The smallest absolute Gasteiger partial charge is 0.252 e. The van der Waals surface area contributed by atoms with Crippen LogP contribution in [0.15, 0.2) is 98.2 Å². The molecule has 0 radical (unpaired) electrons. The predicted molar refractivity (Wildman–Crippen MR) is 133 cm³/mol. The van der Waals surface area contributed by atoms with Crippen molar-refractivity contribution in [3.63, 3.8) is 0 Å². The van der Waals surface area contributed by atoms with Gasteiger partial charge in [-0.05, 0) is 53.9 Å². The van der Waals surface area contributed by atoms with Crippen LogP contribution < -0.4 is 4.74 Å². The zero-order valence-corrected chi connectivity index (χ0v) is 20.7. The van der Waals surface area contributed by atoms with Crippen molar-refractivity contribution in [2.45, 2.75) is 32.9 Å². The van der Waals surface area contributed by atoms with Gasteiger partial charge in [-0.25, -0.2) is 16.8 Å². The highest BCUT2D eigenvalue weighted by Gasteiger charge is 2.32. The lowest BCUT2D eigenvalue weighted by Crippen LogP contribution is -2.41. The van der Waals surface area contributed by atoms with E-state index < -0.39 is 19.9 Å². The molecule has 9 heteroatoms. The Balaban J connectivity index is 1.26. The number of nitrogens with zero attached hydrogens (tertiary/aromatic N) is 1. The fraction of sp³-hybridized carbons (Fsp3) is 0.200. The van der Waals surface area contributed by atoms with Crippen molar-refractivity contribution in [2.75, 3.05) is 13.1 Å². The van der Waals surface area contributed by atoms with E-state index in [2.05, 4.69) is 0 Å². The van der Waals surface area contributed by atoms with E-state index in [1.54, 1.807) is 18.2 Å². The molecule has 1 aromatic heterocycles. The molecule has 34 heavy (non-hydrogen) atoms. The first-order valence-corrected chi connectivity index (χ1v) is 14.7. The summed E-state index contributed by atoms with van der Waals surface area (Å²) in [6, 6.07) is 23.3. The van der Waals surface area contributed by atoms with Gasteiger partial charge in [0, 0.05) is 18.5 Å². The molecule has 5 rings (SSSR count). The number of rotatable bonds is 6. The molecule has 0 N–H and O–H groups in total. The lowest BCUT2D eigenvalue weighted by molar-refractivity contribution is 0.135. The molecule has 0 amide bonds. The zero-order valence-electron chi connectivity index (χ0n) is 18.2. The molecule has 0 atom stereocenters. The summed E-state index contributed by atoms with van der Waals surface area (Å²) in [4.78, 5) is 0.139. The molecule has 0 saturated carbocycles. The quantitative estimate of drug-likeness (QED) is 0.364. The molecule has 3 aromatic carbocycles. The maximum absolute atomic E-state index is 13.2. The van der Waals surface area contributed by atoms with Crippen LogP contribution in [0.25, 0.3) is 10.8 Å². The van der Waals surface area contributed by atoms with Gasteiger partial charge >= 0.3 is 0 Å². The van der Waals surface area contributed by atoms with Crippen LogP contribution in [0.3, 0.4) is 0 Å². The van der Waals surface area contributed by atoms with Gasteiger partial charge in [0.25, 0.3) is 10.0 Å². The molecule has 0 unspecified atom stereocenters. The monoisotopic (exact) mass is 513 g/mol. The second-order valence-electron chi connectivity index (χ2n) is 8.15. The van der Waals surface area contributed by atoms with Crippen LogP contribution in [0, 0.1) is 0 Å². The van der Waals surface area contributed by atoms with Crippen LogP contribution in [0.2, 0.25) is 0 Å². The van der Waals surface area contributed by atoms with E-state index in [-0.39, 0.29) is 20.1 Å². The normalized spacial score (nSPS) is 16.0. The number of sulfone groups is 1. The Hall–Kier alpha value is -2.72. The minimum absolute atomic E-state index is 0.00296. The maximum atomic E-state index is 13.2. The van der Waals surface area contributed by atoms with Crippen molar-refractivity contribution in [1.82, 2.24) is 4.31 Å². The fourth-order valence-corrected chi connectivity index (χ4v) is 8.59. The summed E-state index contributed by atoms with van der Waals surface area (Å²) < 4.78 is 59.6. The number of piperidine rings is 1. The van der Waals surface area contributed by atoms with Gasteiger partial charge in [0.15, 0.2) is 0 Å². The molecule has 0 bridgehead atoms. The van der Waals surface area contributed by atoms with E-state index in [1.807, 2.05) is 42.5 Å². The van der Waals surface area contributed by atoms with Crippen LogP contribution in [-0.2, 0) is 19.9 Å². The summed E-state index contributed by atoms with van der Waals surface area (Å²) in [5.74, 6) is 0.772.